The highest BCUT2D eigenvalue weighted by Gasteiger charge is 2.37. The van der Waals surface area contributed by atoms with E-state index in [2.05, 4.69) is 9.68 Å². The number of aliphatic hydroxyl groups is 1. The molecule has 1 fully saturated rings. The maximum atomic E-state index is 13.7. The summed E-state index contributed by atoms with van der Waals surface area (Å²) in [4.78, 5) is 13.4. The van der Waals surface area contributed by atoms with E-state index in [0.717, 1.165) is 6.42 Å². The molecule has 2 aromatic rings. The molecule has 0 atom stereocenters. The Hall–Kier alpha value is -2.18. The van der Waals surface area contributed by atoms with Crippen LogP contribution in [0, 0.1) is 0 Å². The Balaban J connectivity index is 1.85. The van der Waals surface area contributed by atoms with Gasteiger partial charge in [-0.1, -0.05) is 24.3 Å². The van der Waals surface area contributed by atoms with E-state index in [9.17, 15) is 14.1 Å². The van der Waals surface area contributed by atoms with Crippen molar-refractivity contribution in [2.24, 2.45) is 4.36 Å². The van der Waals surface area contributed by atoms with E-state index in [-0.39, 0.29) is 6.42 Å². The summed E-state index contributed by atoms with van der Waals surface area (Å²) in [7, 11) is -3.06. The highest BCUT2D eigenvalue weighted by Crippen LogP contribution is 2.41. The smallest absolute Gasteiger partial charge is 0.257 e. The van der Waals surface area contributed by atoms with Crippen molar-refractivity contribution in [1.82, 2.24) is 0 Å². The Morgan fingerprint density at radius 1 is 1.08 bits per heavy atom. The number of nitrogens with zero attached hydrogens (tertiary/aromatic N) is 1. The van der Waals surface area contributed by atoms with Crippen LogP contribution in [-0.4, -0.2) is 20.8 Å². The molecule has 1 saturated carbocycles. The van der Waals surface area contributed by atoms with Gasteiger partial charge in [-0.05, 0) is 43.5 Å². The quantitative estimate of drug-likeness (QED) is 0.747. The van der Waals surface area contributed by atoms with Crippen LogP contribution in [0.2, 0.25) is 0 Å². The second kappa shape index (κ2) is 5.43. The van der Waals surface area contributed by atoms with Crippen molar-refractivity contribution < 1.29 is 14.1 Å². The van der Waals surface area contributed by atoms with E-state index < -0.39 is 21.2 Å². The van der Waals surface area contributed by atoms with Gasteiger partial charge in [-0.25, -0.2) is 4.21 Å². The Bertz CT molecular complexity index is 889. The second-order valence-electron chi connectivity index (χ2n) is 6.38. The summed E-state index contributed by atoms with van der Waals surface area (Å²) in [5.74, 6) is -0.506. The number of benzene rings is 2. The Morgan fingerprint density at radius 2 is 1.62 bits per heavy atom. The largest absolute Gasteiger partial charge is 0.389 e. The van der Waals surface area contributed by atoms with E-state index >= 15 is 0 Å². The van der Waals surface area contributed by atoms with E-state index in [4.69, 9.17) is 0 Å². The Kier molecular flexibility index (Phi) is 3.47. The Labute approximate surface area is 140 Å². The van der Waals surface area contributed by atoms with Crippen LogP contribution >= 0.6 is 0 Å². The molecule has 4 rings (SSSR count). The molecule has 1 aliphatic carbocycles. The van der Waals surface area contributed by atoms with Crippen LogP contribution in [0.3, 0.4) is 0 Å². The van der Waals surface area contributed by atoms with Gasteiger partial charge in [0.1, 0.15) is 9.73 Å². The molecule has 0 unspecified atom stereocenters. The maximum Gasteiger partial charge on any atom is 0.257 e. The van der Waals surface area contributed by atoms with Gasteiger partial charge in [-0.2, -0.15) is 4.36 Å². The lowest BCUT2D eigenvalue weighted by Gasteiger charge is -2.35. The van der Waals surface area contributed by atoms with Gasteiger partial charge in [0.15, 0.2) is 0 Å². The number of carbonyl (C=O) groups is 1. The zero-order chi connectivity index (χ0) is 16.8. The van der Waals surface area contributed by atoms with Gasteiger partial charge in [-0.15, -0.1) is 0 Å². The van der Waals surface area contributed by atoms with Crippen molar-refractivity contribution in [3.63, 3.8) is 0 Å². The first kappa shape index (κ1) is 15.4. The normalized spacial score (nSPS) is 19.2. The van der Waals surface area contributed by atoms with Crippen molar-refractivity contribution in [3.05, 3.63) is 48.5 Å². The number of fused-ring (bicyclic) bond motifs is 2. The van der Waals surface area contributed by atoms with Crippen LogP contribution in [0.4, 0.5) is 11.4 Å². The number of nitrogens with one attached hydrogen (secondary N) is 1. The van der Waals surface area contributed by atoms with Gasteiger partial charge in [0.2, 0.25) is 0 Å². The van der Waals surface area contributed by atoms with E-state index in [1.165, 1.54) is 0 Å². The van der Waals surface area contributed by atoms with Crippen LogP contribution in [0.1, 0.15) is 25.7 Å². The summed E-state index contributed by atoms with van der Waals surface area (Å²) in [5, 5.41) is 13.4. The van der Waals surface area contributed by atoms with Crippen molar-refractivity contribution in [3.8, 4) is 0 Å². The molecular formula is C18H18N2O3S. The van der Waals surface area contributed by atoms with Crippen LogP contribution in [0.25, 0.3) is 0 Å². The molecule has 0 radical (unpaired) electrons. The van der Waals surface area contributed by atoms with Crippen molar-refractivity contribution in [2.75, 3.05) is 5.32 Å². The van der Waals surface area contributed by atoms with Gasteiger partial charge in [0, 0.05) is 0 Å². The van der Waals surface area contributed by atoms with Crippen LogP contribution in [0.5, 0.6) is 0 Å². The fourth-order valence-electron chi connectivity index (χ4n) is 3.20. The zero-order valence-corrected chi connectivity index (χ0v) is 13.9. The van der Waals surface area contributed by atoms with Gasteiger partial charge < -0.3 is 10.4 Å². The van der Waals surface area contributed by atoms with Crippen molar-refractivity contribution >= 4 is 27.0 Å². The van der Waals surface area contributed by atoms with Crippen LogP contribution in [-0.2, 0) is 14.5 Å². The zero-order valence-electron chi connectivity index (χ0n) is 13.1. The van der Waals surface area contributed by atoms with E-state index in [1.807, 2.05) is 24.3 Å². The first-order valence-corrected chi connectivity index (χ1v) is 9.49. The highest BCUT2D eigenvalue weighted by atomic mass is 32.2. The predicted octanol–water partition coefficient (Wildman–Crippen LogP) is 3.46. The third-order valence-corrected chi connectivity index (χ3v) is 7.00. The topological polar surface area (TPSA) is 78.8 Å². The molecular weight excluding hydrogens is 324 g/mol. The standard InChI is InChI=1S/C18H18N2O3S/c21-17(12-18(22)10-5-11-18)20-24(23)15-8-3-1-6-13(15)19-14-7-2-4-9-16(14)24/h1-4,6-9,19,22H,5,10-12H2. The first-order valence-electron chi connectivity index (χ1n) is 7.98. The van der Waals surface area contributed by atoms with Gasteiger partial charge in [0.05, 0.1) is 33.2 Å². The maximum absolute atomic E-state index is 13.7. The highest BCUT2D eigenvalue weighted by molar-refractivity contribution is 7.94. The molecule has 24 heavy (non-hydrogen) atoms. The lowest BCUT2D eigenvalue weighted by molar-refractivity contribution is -0.126. The summed E-state index contributed by atoms with van der Waals surface area (Å²) in [5.41, 5.74) is 0.419. The predicted molar refractivity (Wildman–Crippen MR) is 91.7 cm³/mol. The lowest BCUT2D eigenvalue weighted by atomic mass is 9.78. The second-order valence-corrected chi connectivity index (χ2v) is 8.50. The third-order valence-electron chi connectivity index (χ3n) is 4.63. The average molecular weight is 342 g/mol. The monoisotopic (exact) mass is 342 g/mol. The molecule has 0 saturated heterocycles. The Morgan fingerprint density at radius 3 is 2.12 bits per heavy atom. The summed E-state index contributed by atoms with van der Waals surface area (Å²) in [6, 6.07) is 14.4. The molecule has 1 heterocycles. The van der Waals surface area contributed by atoms with Crippen molar-refractivity contribution in [2.45, 2.75) is 41.1 Å². The number of hydrogen-bond acceptors (Lipinski definition) is 4. The molecule has 5 nitrogen and oxygen atoms in total. The first-order chi connectivity index (χ1) is 11.5. The fraction of sp³-hybridized carbons (Fsp3) is 0.278. The lowest BCUT2D eigenvalue weighted by Crippen LogP contribution is -2.38. The number of para-hydroxylation sites is 2. The molecule has 0 spiro atoms. The third kappa shape index (κ3) is 2.42. The molecule has 2 aromatic carbocycles. The summed E-state index contributed by atoms with van der Waals surface area (Å²) >= 11 is 0. The fourth-order valence-corrected chi connectivity index (χ4v) is 5.35. The number of rotatable bonds is 2. The number of anilines is 2. The van der Waals surface area contributed by atoms with Gasteiger partial charge in [-0.3, -0.25) is 4.79 Å². The van der Waals surface area contributed by atoms with Gasteiger partial charge in [0.25, 0.3) is 5.91 Å². The van der Waals surface area contributed by atoms with Crippen molar-refractivity contribution in [1.29, 1.82) is 0 Å². The molecule has 2 aliphatic rings. The summed E-state index contributed by atoms with van der Waals surface area (Å²) in [6.45, 7) is 0. The minimum atomic E-state index is -3.06. The number of amides is 1. The van der Waals surface area contributed by atoms with Gasteiger partial charge >= 0.3 is 0 Å². The molecule has 1 amide bonds. The molecule has 0 aromatic heterocycles. The molecule has 2 N–H and O–H groups in total. The summed E-state index contributed by atoms with van der Waals surface area (Å²) in [6.07, 6.45) is 2.05. The minimum absolute atomic E-state index is 0.0677. The number of hydrogen-bond donors (Lipinski definition) is 2. The minimum Gasteiger partial charge on any atom is -0.389 e. The van der Waals surface area contributed by atoms with Crippen LogP contribution < -0.4 is 5.32 Å². The van der Waals surface area contributed by atoms with E-state index in [1.54, 1.807) is 24.3 Å². The summed E-state index contributed by atoms with van der Waals surface area (Å²) < 4.78 is 17.9. The SMILES string of the molecule is O=C(CC1(O)CCC1)N=S1(=O)c2ccccc2Nc2ccccc21. The van der Waals surface area contributed by atoms with Crippen LogP contribution in [0.15, 0.2) is 62.7 Å². The molecule has 124 valence electrons. The molecule has 1 aliphatic heterocycles. The molecule has 6 heteroatoms. The molecule has 0 bridgehead atoms. The number of carbonyl (C=O) groups excluding carboxylic acids is 1. The average Bonchev–Trinajstić information content (AvgIpc) is 2.53. The van der Waals surface area contributed by atoms with E-state index in [0.29, 0.717) is 34.0 Å².